The number of benzene rings is 1. The molecule has 18 heavy (non-hydrogen) atoms. The predicted octanol–water partition coefficient (Wildman–Crippen LogP) is 2.91. The molecule has 94 valence electrons. The first-order valence-corrected chi connectivity index (χ1v) is 5.86. The van der Waals surface area contributed by atoms with Crippen LogP contribution >= 0.6 is 0 Å². The predicted molar refractivity (Wildman–Crippen MR) is 66.9 cm³/mol. The Bertz CT molecular complexity index is 560. The summed E-state index contributed by atoms with van der Waals surface area (Å²) in [6.45, 7) is 4.19. The Morgan fingerprint density at radius 3 is 2.89 bits per heavy atom. The van der Waals surface area contributed by atoms with Crippen molar-refractivity contribution in [2.24, 2.45) is 5.92 Å². The maximum absolute atomic E-state index is 13.0. The van der Waals surface area contributed by atoms with Crippen molar-refractivity contribution >= 4 is 5.78 Å². The first kappa shape index (κ1) is 12.5. The number of ketones is 1. The third-order valence-electron chi connectivity index (χ3n) is 2.66. The number of nitrogens with zero attached hydrogens (tertiary/aromatic N) is 2. The van der Waals surface area contributed by atoms with E-state index < -0.39 is 0 Å². The van der Waals surface area contributed by atoms with Crippen molar-refractivity contribution in [1.29, 1.82) is 0 Å². The molecule has 1 aromatic heterocycles. The summed E-state index contributed by atoms with van der Waals surface area (Å²) in [6, 6.07) is 6.39. The molecule has 4 heteroatoms. The average Bonchev–Trinajstić information content (AvgIpc) is 2.76. The first-order valence-electron chi connectivity index (χ1n) is 5.86. The van der Waals surface area contributed by atoms with E-state index in [2.05, 4.69) is 4.98 Å². The second-order valence-corrected chi connectivity index (χ2v) is 4.58. The van der Waals surface area contributed by atoms with Crippen LogP contribution in [-0.2, 0) is 6.54 Å². The van der Waals surface area contributed by atoms with Gasteiger partial charge in [-0.25, -0.2) is 9.37 Å². The van der Waals surface area contributed by atoms with Crippen molar-refractivity contribution in [3.63, 3.8) is 0 Å². The first-order chi connectivity index (χ1) is 8.56. The molecule has 0 fully saturated rings. The topological polar surface area (TPSA) is 34.9 Å². The molecule has 0 bridgehead atoms. The van der Waals surface area contributed by atoms with Crippen LogP contribution in [0.25, 0.3) is 0 Å². The highest BCUT2D eigenvalue weighted by Crippen LogP contribution is 2.09. The van der Waals surface area contributed by atoms with Gasteiger partial charge in [0.25, 0.3) is 0 Å². The molecular weight excluding hydrogens is 231 g/mol. The summed E-state index contributed by atoms with van der Waals surface area (Å²) >= 11 is 0. The van der Waals surface area contributed by atoms with E-state index in [0.717, 1.165) is 5.56 Å². The number of hydrogen-bond donors (Lipinski definition) is 0. The monoisotopic (exact) mass is 246 g/mol. The van der Waals surface area contributed by atoms with Gasteiger partial charge in [0.2, 0.25) is 0 Å². The quantitative estimate of drug-likeness (QED) is 0.777. The van der Waals surface area contributed by atoms with Gasteiger partial charge in [-0.05, 0) is 17.7 Å². The lowest BCUT2D eigenvalue weighted by Crippen LogP contribution is -2.07. The fraction of sp³-hybridized carbons (Fsp3) is 0.286. The minimum Gasteiger partial charge on any atom is -0.332 e. The molecule has 1 aromatic carbocycles. The number of Topliss-reactive ketones (excluding diaryl/α,β-unsaturated/α-hetero) is 1. The molecule has 0 N–H and O–H groups in total. The van der Waals surface area contributed by atoms with Gasteiger partial charge in [-0.3, -0.25) is 4.79 Å². The number of halogens is 1. The number of imidazole rings is 1. The van der Waals surface area contributed by atoms with Crippen molar-refractivity contribution < 1.29 is 9.18 Å². The van der Waals surface area contributed by atoms with Crippen LogP contribution in [0.2, 0.25) is 0 Å². The smallest absolute Gasteiger partial charge is 0.185 e. The van der Waals surface area contributed by atoms with Gasteiger partial charge in [0, 0.05) is 18.7 Å². The van der Waals surface area contributed by atoms with Crippen molar-refractivity contribution in [1.82, 2.24) is 9.55 Å². The highest BCUT2D eigenvalue weighted by atomic mass is 19.1. The van der Waals surface area contributed by atoms with E-state index in [9.17, 15) is 9.18 Å². The molecule has 0 amide bonds. The highest BCUT2D eigenvalue weighted by molar-refractivity contribution is 5.95. The van der Waals surface area contributed by atoms with Crippen molar-refractivity contribution in [3.05, 3.63) is 53.9 Å². The fourth-order valence-electron chi connectivity index (χ4n) is 1.72. The molecule has 0 radical (unpaired) electrons. The Hall–Kier alpha value is -1.97. The zero-order chi connectivity index (χ0) is 13.1. The summed E-state index contributed by atoms with van der Waals surface area (Å²) in [7, 11) is 0. The second kappa shape index (κ2) is 5.12. The van der Waals surface area contributed by atoms with E-state index in [-0.39, 0.29) is 17.5 Å². The fourth-order valence-corrected chi connectivity index (χ4v) is 1.72. The van der Waals surface area contributed by atoms with Crippen molar-refractivity contribution in [2.45, 2.75) is 20.4 Å². The van der Waals surface area contributed by atoms with Crippen LogP contribution in [0.3, 0.4) is 0 Å². The summed E-state index contributed by atoms with van der Waals surface area (Å²) in [5.74, 6) is -0.304. The minimum absolute atomic E-state index is 0.0213. The Kier molecular flexibility index (Phi) is 3.55. The van der Waals surface area contributed by atoms with Crippen LogP contribution in [0.5, 0.6) is 0 Å². The van der Waals surface area contributed by atoms with Gasteiger partial charge in [-0.1, -0.05) is 26.0 Å². The van der Waals surface area contributed by atoms with Crippen LogP contribution in [-0.4, -0.2) is 15.3 Å². The zero-order valence-electron chi connectivity index (χ0n) is 10.4. The zero-order valence-corrected chi connectivity index (χ0v) is 10.4. The minimum atomic E-state index is -0.258. The Morgan fingerprint density at radius 2 is 2.22 bits per heavy atom. The van der Waals surface area contributed by atoms with Crippen molar-refractivity contribution in [2.75, 3.05) is 0 Å². The van der Waals surface area contributed by atoms with E-state index in [1.54, 1.807) is 23.2 Å². The number of hydrogen-bond acceptors (Lipinski definition) is 2. The number of aromatic nitrogens is 2. The molecule has 0 aliphatic rings. The SMILES string of the molecule is CC(C)C(=O)c1cn(Cc2cccc(F)c2)cn1. The second-order valence-electron chi connectivity index (χ2n) is 4.58. The molecule has 0 saturated heterocycles. The largest absolute Gasteiger partial charge is 0.332 e. The standard InChI is InChI=1S/C14H15FN2O/c1-10(2)14(18)13-8-17(9-16-13)7-11-4-3-5-12(15)6-11/h3-6,8-10H,7H2,1-2H3. The van der Waals surface area contributed by atoms with Gasteiger partial charge >= 0.3 is 0 Å². The van der Waals surface area contributed by atoms with Crippen LogP contribution in [0.15, 0.2) is 36.8 Å². The van der Waals surface area contributed by atoms with Gasteiger partial charge in [-0.2, -0.15) is 0 Å². The van der Waals surface area contributed by atoms with E-state index in [1.807, 2.05) is 19.9 Å². The van der Waals surface area contributed by atoms with E-state index in [0.29, 0.717) is 12.2 Å². The Morgan fingerprint density at radius 1 is 1.44 bits per heavy atom. The third kappa shape index (κ3) is 2.83. The van der Waals surface area contributed by atoms with E-state index >= 15 is 0 Å². The summed E-state index contributed by atoms with van der Waals surface area (Å²) < 4.78 is 14.8. The van der Waals surface area contributed by atoms with Crippen LogP contribution in [0, 0.1) is 11.7 Å². The van der Waals surface area contributed by atoms with Gasteiger partial charge in [0.05, 0.1) is 6.33 Å². The van der Waals surface area contributed by atoms with Gasteiger partial charge in [-0.15, -0.1) is 0 Å². The highest BCUT2D eigenvalue weighted by Gasteiger charge is 2.13. The maximum atomic E-state index is 13.0. The molecule has 0 saturated carbocycles. The van der Waals surface area contributed by atoms with Crippen LogP contribution < -0.4 is 0 Å². The Balaban J connectivity index is 2.14. The van der Waals surface area contributed by atoms with Gasteiger partial charge in [0.15, 0.2) is 5.78 Å². The molecule has 0 aliphatic heterocycles. The molecular formula is C14H15FN2O. The van der Waals surface area contributed by atoms with E-state index in [1.165, 1.54) is 12.1 Å². The number of carbonyl (C=O) groups excluding carboxylic acids is 1. The lowest BCUT2D eigenvalue weighted by Gasteiger charge is -2.02. The van der Waals surface area contributed by atoms with E-state index in [4.69, 9.17) is 0 Å². The molecule has 0 atom stereocenters. The summed E-state index contributed by atoms with van der Waals surface area (Å²) in [5, 5.41) is 0. The number of carbonyl (C=O) groups is 1. The molecule has 2 rings (SSSR count). The maximum Gasteiger partial charge on any atom is 0.185 e. The summed E-state index contributed by atoms with van der Waals surface area (Å²) in [4.78, 5) is 15.8. The molecule has 0 spiro atoms. The van der Waals surface area contributed by atoms with Gasteiger partial charge < -0.3 is 4.57 Å². The molecule has 1 heterocycles. The summed E-state index contributed by atoms with van der Waals surface area (Å²) in [5.41, 5.74) is 1.30. The lowest BCUT2D eigenvalue weighted by atomic mass is 10.1. The molecule has 2 aromatic rings. The molecule has 0 aliphatic carbocycles. The normalized spacial score (nSPS) is 10.9. The van der Waals surface area contributed by atoms with Crippen LogP contribution in [0.1, 0.15) is 29.9 Å². The lowest BCUT2D eigenvalue weighted by molar-refractivity contribution is 0.0934. The number of rotatable bonds is 4. The van der Waals surface area contributed by atoms with Crippen molar-refractivity contribution in [3.8, 4) is 0 Å². The Labute approximate surface area is 105 Å². The van der Waals surface area contributed by atoms with Gasteiger partial charge in [0.1, 0.15) is 11.5 Å². The molecule has 0 unspecified atom stereocenters. The summed E-state index contributed by atoms with van der Waals surface area (Å²) in [6.07, 6.45) is 3.30. The molecule has 3 nitrogen and oxygen atoms in total. The average molecular weight is 246 g/mol. The third-order valence-corrected chi connectivity index (χ3v) is 2.66. The van der Waals surface area contributed by atoms with Crippen LogP contribution in [0.4, 0.5) is 4.39 Å².